The lowest BCUT2D eigenvalue weighted by atomic mass is 10.1. The predicted molar refractivity (Wildman–Crippen MR) is 122 cm³/mol. The van der Waals surface area contributed by atoms with E-state index in [1.807, 2.05) is 78.9 Å². The number of nitrogens with zero attached hydrogens (tertiary/aromatic N) is 1. The summed E-state index contributed by atoms with van der Waals surface area (Å²) < 4.78 is 12.6. The van der Waals surface area contributed by atoms with Gasteiger partial charge in [-0.1, -0.05) is 72.8 Å². The van der Waals surface area contributed by atoms with Crippen LogP contribution in [0.25, 0.3) is 22.6 Å². The van der Waals surface area contributed by atoms with Crippen LogP contribution < -0.4 is 10.5 Å². The monoisotopic (exact) mass is 429 g/mol. The Morgan fingerprint density at radius 2 is 1.59 bits per heavy atom. The quantitative estimate of drug-likeness (QED) is 0.410. The van der Waals surface area contributed by atoms with Crippen molar-refractivity contribution in [1.29, 1.82) is 0 Å². The number of carboxylic acids is 1. The highest BCUT2D eigenvalue weighted by molar-refractivity contribution is 5.77. The topological polar surface area (TPSA) is 81.7 Å². The summed E-state index contributed by atoms with van der Waals surface area (Å²) in [6.45, 7) is 0.107. The second kappa shape index (κ2) is 9.83. The van der Waals surface area contributed by atoms with Crippen LogP contribution >= 0.6 is 0 Å². The molecule has 0 aliphatic carbocycles. The molecule has 0 aliphatic rings. The minimum absolute atomic E-state index is 0.378. The van der Waals surface area contributed by atoms with E-state index in [4.69, 9.17) is 14.3 Å². The highest BCUT2D eigenvalue weighted by Gasteiger charge is 2.19. The Bertz CT molecular complexity index is 1240. The number of ether oxygens (including phenoxy) is 1. The molecule has 0 aliphatic heterocycles. The Balaban J connectivity index is 1.57. The summed E-state index contributed by atoms with van der Waals surface area (Å²) in [6.07, 6.45) is 1.41. The maximum absolute atomic E-state index is 12.8. The van der Waals surface area contributed by atoms with Gasteiger partial charge in [-0.2, -0.15) is 0 Å². The van der Waals surface area contributed by atoms with E-state index in [0.717, 1.165) is 22.4 Å². The molecule has 1 aromatic heterocycles. The van der Waals surface area contributed by atoms with E-state index >= 15 is 0 Å². The first-order valence-electron chi connectivity index (χ1n) is 10.4. The molecular formula is C26H23NO5. The molecule has 0 saturated carbocycles. The standard InChI is InChI=1S/C26H23NO5/c28-23(29)18-31-22-15-7-9-19(17-22)10-8-16-27-24(20-11-3-1-4-12-20)25(32-26(27)30)21-13-5-2-6-14-21/h1-7,9,11-15,17H,8,10,16,18H2,(H,28,29). The number of hydrogen-bond acceptors (Lipinski definition) is 4. The summed E-state index contributed by atoms with van der Waals surface area (Å²) >= 11 is 0. The molecule has 0 radical (unpaired) electrons. The first kappa shape index (κ1) is 21.2. The summed E-state index contributed by atoms with van der Waals surface area (Å²) in [7, 11) is 0. The molecule has 6 nitrogen and oxygen atoms in total. The molecule has 0 saturated heterocycles. The van der Waals surface area contributed by atoms with Crippen molar-refractivity contribution in [1.82, 2.24) is 4.57 Å². The molecule has 0 bridgehead atoms. The lowest BCUT2D eigenvalue weighted by Gasteiger charge is -2.09. The number of rotatable bonds is 9. The van der Waals surface area contributed by atoms with E-state index in [9.17, 15) is 9.59 Å². The third-order valence-corrected chi connectivity index (χ3v) is 5.09. The van der Waals surface area contributed by atoms with Gasteiger partial charge in [0.25, 0.3) is 0 Å². The number of aliphatic carboxylic acids is 1. The highest BCUT2D eigenvalue weighted by atomic mass is 16.5. The average Bonchev–Trinajstić information content (AvgIpc) is 3.15. The van der Waals surface area contributed by atoms with Gasteiger partial charge in [-0.25, -0.2) is 9.59 Å². The van der Waals surface area contributed by atoms with Gasteiger partial charge in [0.15, 0.2) is 12.4 Å². The fraction of sp³-hybridized carbons (Fsp3) is 0.154. The Kier molecular flexibility index (Phi) is 6.51. The van der Waals surface area contributed by atoms with Crippen molar-refractivity contribution in [2.24, 2.45) is 0 Å². The van der Waals surface area contributed by atoms with Gasteiger partial charge in [0.05, 0.1) is 5.69 Å². The Hall–Kier alpha value is -4.06. The molecule has 0 spiro atoms. The van der Waals surface area contributed by atoms with Crippen LogP contribution in [0.5, 0.6) is 5.75 Å². The minimum atomic E-state index is -1.02. The normalized spacial score (nSPS) is 10.8. The molecule has 0 fully saturated rings. The molecule has 1 N–H and O–H groups in total. The number of hydrogen-bond donors (Lipinski definition) is 1. The molecular weight excluding hydrogens is 406 g/mol. The van der Waals surface area contributed by atoms with Crippen LogP contribution in [0.1, 0.15) is 12.0 Å². The number of carboxylic acid groups (broad SMARTS) is 1. The van der Waals surface area contributed by atoms with Gasteiger partial charge in [0.1, 0.15) is 5.75 Å². The number of aromatic nitrogens is 1. The van der Waals surface area contributed by atoms with Crippen LogP contribution in [0, 0.1) is 0 Å². The van der Waals surface area contributed by atoms with Crippen LogP contribution in [0.4, 0.5) is 0 Å². The number of benzene rings is 3. The SMILES string of the molecule is O=C(O)COc1cccc(CCCn2c(-c3ccccc3)c(-c3ccccc3)oc2=O)c1. The molecule has 4 rings (SSSR count). The van der Waals surface area contributed by atoms with Crippen molar-refractivity contribution in [3.63, 3.8) is 0 Å². The molecule has 3 aromatic carbocycles. The van der Waals surface area contributed by atoms with Gasteiger partial charge in [0.2, 0.25) is 0 Å². The second-order valence-electron chi connectivity index (χ2n) is 7.36. The van der Waals surface area contributed by atoms with Gasteiger partial charge in [0, 0.05) is 17.7 Å². The van der Waals surface area contributed by atoms with Crippen molar-refractivity contribution in [2.45, 2.75) is 19.4 Å². The third kappa shape index (κ3) is 4.98. The molecule has 0 amide bonds. The van der Waals surface area contributed by atoms with Crippen molar-refractivity contribution in [2.75, 3.05) is 6.61 Å². The van der Waals surface area contributed by atoms with Gasteiger partial charge in [-0.15, -0.1) is 0 Å². The molecule has 162 valence electrons. The van der Waals surface area contributed by atoms with Crippen LogP contribution in [0.3, 0.4) is 0 Å². The van der Waals surface area contributed by atoms with E-state index in [1.54, 1.807) is 10.6 Å². The largest absolute Gasteiger partial charge is 0.482 e. The maximum Gasteiger partial charge on any atom is 0.419 e. The predicted octanol–water partition coefficient (Wildman–Crippen LogP) is 4.87. The zero-order chi connectivity index (χ0) is 22.3. The fourth-order valence-corrected chi connectivity index (χ4v) is 3.65. The summed E-state index contributed by atoms with van der Waals surface area (Å²) in [5.41, 5.74) is 3.54. The summed E-state index contributed by atoms with van der Waals surface area (Å²) in [4.78, 5) is 23.5. The van der Waals surface area contributed by atoms with E-state index in [0.29, 0.717) is 30.9 Å². The summed E-state index contributed by atoms with van der Waals surface area (Å²) in [6, 6.07) is 26.7. The van der Waals surface area contributed by atoms with Crippen LogP contribution in [-0.4, -0.2) is 22.2 Å². The Morgan fingerprint density at radius 1 is 0.906 bits per heavy atom. The van der Waals surface area contributed by atoms with E-state index in [1.165, 1.54) is 0 Å². The van der Waals surface area contributed by atoms with E-state index in [-0.39, 0.29) is 12.4 Å². The molecule has 0 atom stereocenters. The Morgan fingerprint density at radius 3 is 2.28 bits per heavy atom. The van der Waals surface area contributed by atoms with Crippen molar-refractivity contribution >= 4 is 5.97 Å². The molecule has 4 aromatic rings. The number of aryl methyl sites for hydroxylation is 1. The average molecular weight is 429 g/mol. The lowest BCUT2D eigenvalue weighted by molar-refractivity contribution is -0.139. The molecule has 6 heteroatoms. The number of carbonyl (C=O) groups is 1. The fourth-order valence-electron chi connectivity index (χ4n) is 3.65. The first-order chi connectivity index (χ1) is 15.6. The van der Waals surface area contributed by atoms with Crippen molar-refractivity contribution in [3.8, 4) is 28.3 Å². The molecule has 1 heterocycles. The van der Waals surface area contributed by atoms with Crippen LogP contribution in [0.2, 0.25) is 0 Å². The third-order valence-electron chi connectivity index (χ3n) is 5.09. The van der Waals surface area contributed by atoms with Gasteiger partial charge in [-0.05, 0) is 30.5 Å². The first-order valence-corrected chi connectivity index (χ1v) is 10.4. The molecule has 32 heavy (non-hydrogen) atoms. The van der Waals surface area contributed by atoms with E-state index in [2.05, 4.69) is 0 Å². The minimum Gasteiger partial charge on any atom is -0.482 e. The van der Waals surface area contributed by atoms with Gasteiger partial charge < -0.3 is 14.3 Å². The number of oxazole rings is 1. The molecule has 0 unspecified atom stereocenters. The lowest BCUT2D eigenvalue weighted by Crippen LogP contribution is -2.16. The van der Waals surface area contributed by atoms with Crippen LogP contribution in [-0.2, 0) is 17.8 Å². The Labute approximate surface area is 185 Å². The van der Waals surface area contributed by atoms with Gasteiger partial charge >= 0.3 is 11.7 Å². The van der Waals surface area contributed by atoms with Crippen molar-refractivity contribution < 1.29 is 19.1 Å². The van der Waals surface area contributed by atoms with Crippen LogP contribution in [0.15, 0.2) is 94.1 Å². The highest BCUT2D eigenvalue weighted by Crippen LogP contribution is 2.31. The zero-order valence-corrected chi connectivity index (χ0v) is 17.4. The van der Waals surface area contributed by atoms with E-state index < -0.39 is 5.97 Å². The van der Waals surface area contributed by atoms with Crippen molar-refractivity contribution in [3.05, 3.63) is 101 Å². The summed E-state index contributed by atoms with van der Waals surface area (Å²) in [5.74, 6) is -0.328. The van der Waals surface area contributed by atoms with Gasteiger partial charge in [-0.3, -0.25) is 4.57 Å². The maximum atomic E-state index is 12.8. The second-order valence-corrected chi connectivity index (χ2v) is 7.36. The summed E-state index contributed by atoms with van der Waals surface area (Å²) in [5, 5.41) is 8.78. The zero-order valence-electron chi connectivity index (χ0n) is 17.4. The smallest absolute Gasteiger partial charge is 0.419 e.